The van der Waals surface area contributed by atoms with Crippen LogP contribution in [0, 0.1) is 5.41 Å². The molecule has 0 aromatic heterocycles. The highest BCUT2D eigenvalue weighted by molar-refractivity contribution is 7.80. The van der Waals surface area contributed by atoms with E-state index in [-0.39, 0.29) is 6.02 Å². The molecule has 2 rings (SSSR count). The van der Waals surface area contributed by atoms with Crippen LogP contribution in [0.25, 0.3) is 0 Å². The van der Waals surface area contributed by atoms with Crippen LogP contribution in [0.4, 0.5) is 0 Å². The summed E-state index contributed by atoms with van der Waals surface area (Å²) in [6, 6.07) is 10.1. The van der Waals surface area contributed by atoms with E-state index in [9.17, 15) is 0 Å². The van der Waals surface area contributed by atoms with Crippen molar-refractivity contribution in [3.8, 4) is 0 Å². The van der Waals surface area contributed by atoms with E-state index in [1.165, 1.54) is 0 Å². The Hall–Kier alpha value is -1.62. The summed E-state index contributed by atoms with van der Waals surface area (Å²) in [5.74, 6) is 0. The first-order valence-corrected chi connectivity index (χ1v) is 5.49. The first-order chi connectivity index (χ1) is 7.77. The molecule has 1 fully saturated rings. The largest absolute Gasteiger partial charge is 0.463 e. The Balaban J connectivity index is 1.86. The van der Waals surface area contributed by atoms with Crippen LogP contribution < -0.4 is 5.32 Å². The molecule has 0 radical (unpaired) electrons. The summed E-state index contributed by atoms with van der Waals surface area (Å²) in [6.45, 7) is 1.86. The third-order valence-electron chi connectivity index (χ3n) is 2.33. The Kier molecular flexibility index (Phi) is 3.36. The van der Waals surface area contributed by atoms with Crippen LogP contribution in [-0.2, 0) is 11.3 Å². The van der Waals surface area contributed by atoms with Gasteiger partial charge >= 0.3 is 0 Å². The summed E-state index contributed by atoms with van der Waals surface area (Å²) >= 11 is 5.18. The smallest absolute Gasteiger partial charge is 0.290 e. The zero-order valence-electron chi connectivity index (χ0n) is 8.77. The molecule has 0 bridgehead atoms. The number of ether oxygens (including phenoxy) is 1. The zero-order chi connectivity index (χ0) is 11.4. The molecule has 16 heavy (non-hydrogen) atoms. The maximum atomic E-state index is 7.50. The van der Waals surface area contributed by atoms with Crippen molar-refractivity contribution >= 4 is 23.4 Å². The number of hydrogen-bond donors (Lipinski definition) is 2. The molecule has 1 aliphatic heterocycles. The SMILES string of the molecule is N=C1OCCN1C(=S)NCc1ccccc1. The lowest BCUT2D eigenvalue weighted by molar-refractivity contribution is 0.349. The molecule has 1 aliphatic rings. The molecular weight excluding hydrogens is 222 g/mol. The lowest BCUT2D eigenvalue weighted by Crippen LogP contribution is -2.40. The van der Waals surface area contributed by atoms with Gasteiger partial charge in [-0.2, -0.15) is 0 Å². The van der Waals surface area contributed by atoms with E-state index in [1.807, 2.05) is 30.3 Å². The average Bonchev–Trinajstić information content (AvgIpc) is 2.74. The van der Waals surface area contributed by atoms with Crippen molar-refractivity contribution < 1.29 is 4.74 Å². The highest BCUT2D eigenvalue weighted by Gasteiger charge is 2.21. The van der Waals surface area contributed by atoms with E-state index in [1.54, 1.807) is 4.90 Å². The zero-order valence-corrected chi connectivity index (χ0v) is 9.59. The lowest BCUT2D eigenvalue weighted by Gasteiger charge is -2.17. The molecule has 1 aromatic rings. The van der Waals surface area contributed by atoms with Gasteiger partial charge in [0, 0.05) is 6.54 Å². The highest BCUT2D eigenvalue weighted by Crippen LogP contribution is 2.03. The summed E-state index contributed by atoms with van der Waals surface area (Å²) in [5, 5.41) is 11.2. The third-order valence-corrected chi connectivity index (χ3v) is 2.70. The van der Waals surface area contributed by atoms with E-state index in [2.05, 4.69) is 5.32 Å². The summed E-state index contributed by atoms with van der Waals surface area (Å²) in [6.07, 6.45) is 0. The highest BCUT2D eigenvalue weighted by atomic mass is 32.1. The average molecular weight is 235 g/mol. The first kappa shape index (κ1) is 10.9. The molecule has 0 saturated carbocycles. The van der Waals surface area contributed by atoms with Gasteiger partial charge < -0.3 is 10.1 Å². The van der Waals surface area contributed by atoms with Gasteiger partial charge in [-0.3, -0.25) is 10.3 Å². The molecule has 1 aromatic carbocycles. The Morgan fingerprint density at radius 1 is 1.44 bits per heavy atom. The summed E-state index contributed by atoms with van der Waals surface area (Å²) < 4.78 is 5.02. The summed E-state index contributed by atoms with van der Waals surface area (Å²) in [4.78, 5) is 1.65. The van der Waals surface area contributed by atoms with Crippen LogP contribution in [0.3, 0.4) is 0 Å². The number of rotatable bonds is 2. The number of nitrogens with zero attached hydrogens (tertiary/aromatic N) is 1. The van der Waals surface area contributed by atoms with Gasteiger partial charge in [-0.15, -0.1) is 0 Å². The van der Waals surface area contributed by atoms with Gasteiger partial charge in [-0.25, -0.2) is 0 Å². The molecule has 4 nitrogen and oxygen atoms in total. The summed E-state index contributed by atoms with van der Waals surface area (Å²) in [7, 11) is 0. The molecular formula is C11H13N3OS. The third kappa shape index (κ3) is 2.49. The first-order valence-electron chi connectivity index (χ1n) is 5.08. The Morgan fingerprint density at radius 2 is 2.19 bits per heavy atom. The fourth-order valence-corrected chi connectivity index (χ4v) is 1.72. The number of amidine groups is 1. The van der Waals surface area contributed by atoms with Crippen molar-refractivity contribution in [2.75, 3.05) is 13.2 Å². The van der Waals surface area contributed by atoms with Gasteiger partial charge in [-0.05, 0) is 17.8 Å². The number of benzene rings is 1. The van der Waals surface area contributed by atoms with Gasteiger partial charge in [0.1, 0.15) is 6.61 Å². The minimum absolute atomic E-state index is 0.130. The van der Waals surface area contributed by atoms with Crippen LogP contribution in [-0.4, -0.2) is 29.2 Å². The topological polar surface area (TPSA) is 48.4 Å². The minimum atomic E-state index is 0.130. The van der Waals surface area contributed by atoms with E-state index >= 15 is 0 Å². The van der Waals surface area contributed by atoms with E-state index in [4.69, 9.17) is 22.4 Å². The minimum Gasteiger partial charge on any atom is -0.463 e. The Labute approximate surface area is 99.7 Å². The second-order valence-corrected chi connectivity index (χ2v) is 3.84. The monoisotopic (exact) mass is 235 g/mol. The molecule has 5 heteroatoms. The van der Waals surface area contributed by atoms with E-state index in [0.717, 1.165) is 5.56 Å². The predicted molar refractivity (Wildman–Crippen MR) is 66.3 cm³/mol. The second kappa shape index (κ2) is 4.94. The van der Waals surface area contributed by atoms with Gasteiger partial charge in [-0.1, -0.05) is 30.3 Å². The lowest BCUT2D eigenvalue weighted by atomic mass is 10.2. The maximum absolute atomic E-state index is 7.50. The van der Waals surface area contributed by atoms with Crippen molar-refractivity contribution in [3.63, 3.8) is 0 Å². The van der Waals surface area contributed by atoms with Gasteiger partial charge in [0.05, 0.1) is 6.54 Å². The molecule has 0 aliphatic carbocycles. The normalized spacial score (nSPS) is 14.8. The number of hydrogen-bond acceptors (Lipinski definition) is 3. The molecule has 0 amide bonds. The number of thiocarbonyl (C=S) groups is 1. The molecule has 0 spiro atoms. The number of nitrogens with one attached hydrogen (secondary N) is 2. The quantitative estimate of drug-likeness (QED) is 0.759. The van der Waals surface area contributed by atoms with E-state index < -0.39 is 0 Å². The van der Waals surface area contributed by atoms with Crippen LogP contribution in [0.2, 0.25) is 0 Å². The fourth-order valence-electron chi connectivity index (χ4n) is 1.48. The van der Waals surface area contributed by atoms with Crippen LogP contribution in [0.1, 0.15) is 5.56 Å². The molecule has 1 saturated heterocycles. The van der Waals surface area contributed by atoms with Crippen molar-refractivity contribution in [1.82, 2.24) is 10.2 Å². The predicted octanol–water partition coefficient (Wildman–Crippen LogP) is 1.33. The van der Waals surface area contributed by atoms with Gasteiger partial charge in [0.15, 0.2) is 5.11 Å². The van der Waals surface area contributed by atoms with Crippen molar-refractivity contribution in [1.29, 1.82) is 5.41 Å². The van der Waals surface area contributed by atoms with Crippen molar-refractivity contribution in [2.24, 2.45) is 0 Å². The Bertz CT molecular complexity index is 393. The van der Waals surface area contributed by atoms with Gasteiger partial charge in [0.25, 0.3) is 6.02 Å². The second-order valence-electron chi connectivity index (χ2n) is 3.45. The molecule has 0 atom stereocenters. The van der Waals surface area contributed by atoms with E-state index in [0.29, 0.717) is 24.8 Å². The van der Waals surface area contributed by atoms with Crippen LogP contribution >= 0.6 is 12.2 Å². The Morgan fingerprint density at radius 3 is 2.81 bits per heavy atom. The fraction of sp³-hybridized carbons (Fsp3) is 0.273. The maximum Gasteiger partial charge on any atom is 0.290 e. The standard InChI is InChI=1S/C11H13N3OS/c12-10-14(6-7-15-10)11(16)13-8-9-4-2-1-3-5-9/h1-5,12H,6-8H2,(H,13,16). The molecule has 0 unspecified atom stereocenters. The van der Waals surface area contributed by atoms with Crippen LogP contribution in [0.15, 0.2) is 30.3 Å². The molecule has 1 heterocycles. The van der Waals surface area contributed by atoms with Crippen molar-refractivity contribution in [2.45, 2.75) is 6.54 Å². The van der Waals surface area contributed by atoms with Crippen LogP contribution in [0.5, 0.6) is 0 Å². The molecule has 84 valence electrons. The summed E-state index contributed by atoms with van der Waals surface area (Å²) in [5.41, 5.74) is 1.16. The van der Waals surface area contributed by atoms with Gasteiger partial charge in [0.2, 0.25) is 0 Å². The van der Waals surface area contributed by atoms with Crippen molar-refractivity contribution in [3.05, 3.63) is 35.9 Å². The molecule has 2 N–H and O–H groups in total.